The second-order valence-corrected chi connectivity index (χ2v) is 6.83. The third-order valence-electron chi connectivity index (χ3n) is 4.84. The molecule has 0 atom stereocenters. The summed E-state index contributed by atoms with van der Waals surface area (Å²) in [7, 11) is 0. The third-order valence-corrected chi connectivity index (χ3v) is 4.84. The van der Waals surface area contributed by atoms with Crippen molar-refractivity contribution in [2.75, 3.05) is 49.5 Å². The first-order valence-corrected chi connectivity index (χ1v) is 9.44. The first-order valence-electron chi connectivity index (χ1n) is 9.44. The van der Waals surface area contributed by atoms with Crippen molar-refractivity contribution in [2.24, 2.45) is 5.73 Å². The highest BCUT2D eigenvalue weighted by molar-refractivity contribution is 5.87. The number of hydrogen-bond acceptors (Lipinski definition) is 4. The number of rotatable bonds is 7. The summed E-state index contributed by atoms with van der Waals surface area (Å²) in [5.41, 5.74) is 8.46. The predicted molar refractivity (Wildman–Crippen MR) is 110 cm³/mol. The molecule has 144 valence electrons. The fraction of sp³-hybridized carbons (Fsp3) is 0.381. The number of benzene rings is 2. The Morgan fingerprint density at radius 1 is 1.07 bits per heavy atom. The first-order chi connectivity index (χ1) is 13.1. The third kappa shape index (κ3) is 5.62. The fourth-order valence-corrected chi connectivity index (χ4v) is 3.39. The van der Waals surface area contributed by atoms with Gasteiger partial charge in [-0.15, -0.1) is 0 Å². The van der Waals surface area contributed by atoms with Gasteiger partial charge in [0.25, 0.3) is 0 Å². The number of piperazine rings is 1. The van der Waals surface area contributed by atoms with Crippen molar-refractivity contribution in [3.05, 3.63) is 54.1 Å². The summed E-state index contributed by atoms with van der Waals surface area (Å²) in [6.07, 6.45) is 0.992. The summed E-state index contributed by atoms with van der Waals surface area (Å²) >= 11 is 0. The number of ether oxygens (including phenoxy) is 1. The number of nitrogens with one attached hydrogen (secondary N) is 1. The van der Waals surface area contributed by atoms with Gasteiger partial charge in [0, 0.05) is 44.1 Å². The summed E-state index contributed by atoms with van der Waals surface area (Å²) < 4.78 is 5.78. The molecule has 1 saturated heterocycles. The summed E-state index contributed by atoms with van der Waals surface area (Å²) in [5.74, 6) is 0.800. The molecule has 2 aromatic rings. The van der Waals surface area contributed by atoms with Crippen molar-refractivity contribution >= 4 is 17.4 Å². The van der Waals surface area contributed by atoms with Crippen LogP contribution in [0.3, 0.4) is 0 Å². The second kappa shape index (κ2) is 9.28. The Bertz CT molecular complexity index is 740. The lowest BCUT2D eigenvalue weighted by atomic mass is 10.1. The molecule has 2 aromatic carbocycles. The van der Waals surface area contributed by atoms with E-state index in [0.29, 0.717) is 12.3 Å². The molecular weight excluding hydrogens is 340 g/mol. The Balaban J connectivity index is 1.35. The lowest BCUT2D eigenvalue weighted by Crippen LogP contribution is -2.47. The topological polar surface area (TPSA) is 70.8 Å². The highest BCUT2D eigenvalue weighted by Crippen LogP contribution is 2.21. The molecule has 3 N–H and O–H groups in total. The lowest BCUT2D eigenvalue weighted by molar-refractivity contribution is 0.224. The zero-order valence-electron chi connectivity index (χ0n) is 15.9. The van der Waals surface area contributed by atoms with Crippen LogP contribution in [0.5, 0.6) is 5.75 Å². The average Bonchev–Trinajstić information content (AvgIpc) is 2.67. The van der Waals surface area contributed by atoms with E-state index in [1.54, 1.807) is 12.1 Å². The smallest absolute Gasteiger partial charge is 0.316 e. The Morgan fingerprint density at radius 2 is 1.78 bits per heavy atom. The number of carbonyl (C=O) groups excluding carboxylic acids is 1. The molecular formula is C21H28N4O2. The molecule has 1 fully saturated rings. The van der Waals surface area contributed by atoms with Gasteiger partial charge in [0.05, 0.1) is 6.61 Å². The maximum absolute atomic E-state index is 10.8. The highest BCUT2D eigenvalue weighted by atomic mass is 16.5. The van der Waals surface area contributed by atoms with Crippen LogP contribution in [0, 0.1) is 6.92 Å². The van der Waals surface area contributed by atoms with Gasteiger partial charge in [-0.05, 0) is 49.2 Å². The van der Waals surface area contributed by atoms with Crippen molar-refractivity contribution in [3.63, 3.8) is 0 Å². The molecule has 3 rings (SSSR count). The molecule has 27 heavy (non-hydrogen) atoms. The van der Waals surface area contributed by atoms with Crippen LogP contribution in [-0.4, -0.2) is 50.3 Å². The molecule has 1 heterocycles. The summed E-state index contributed by atoms with van der Waals surface area (Å²) in [5, 5.41) is 2.53. The van der Waals surface area contributed by atoms with Crippen LogP contribution in [0.1, 0.15) is 12.0 Å². The minimum absolute atomic E-state index is 0.564. The maximum Gasteiger partial charge on any atom is 0.316 e. The van der Waals surface area contributed by atoms with Crippen molar-refractivity contribution in [1.82, 2.24) is 4.90 Å². The zero-order valence-corrected chi connectivity index (χ0v) is 15.9. The van der Waals surface area contributed by atoms with E-state index >= 15 is 0 Å². The van der Waals surface area contributed by atoms with E-state index in [4.69, 9.17) is 10.5 Å². The van der Waals surface area contributed by atoms with Crippen LogP contribution >= 0.6 is 0 Å². The van der Waals surface area contributed by atoms with E-state index in [1.165, 1.54) is 11.3 Å². The van der Waals surface area contributed by atoms with Crippen LogP contribution in [0.4, 0.5) is 16.2 Å². The zero-order chi connectivity index (χ0) is 19.1. The normalized spacial score (nSPS) is 14.8. The SMILES string of the molecule is Cc1ccccc1N1CCN(CCCOc2ccc(NC(N)=O)cc2)CC1. The summed E-state index contributed by atoms with van der Waals surface area (Å²) in [4.78, 5) is 15.8. The number of aryl methyl sites for hydroxylation is 1. The number of amides is 2. The quantitative estimate of drug-likeness (QED) is 0.737. The molecule has 0 radical (unpaired) electrons. The van der Waals surface area contributed by atoms with Gasteiger partial charge < -0.3 is 20.7 Å². The number of para-hydroxylation sites is 1. The van der Waals surface area contributed by atoms with Gasteiger partial charge in [-0.3, -0.25) is 4.90 Å². The molecule has 6 heteroatoms. The second-order valence-electron chi connectivity index (χ2n) is 6.83. The molecule has 0 aliphatic carbocycles. The monoisotopic (exact) mass is 368 g/mol. The Hall–Kier alpha value is -2.73. The van der Waals surface area contributed by atoms with Gasteiger partial charge in [-0.1, -0.05) is 18.2 Å². The number of urea groups is 1. The van der Waals surface area contributed by atoms with Crippen LogP contribution in [0.25, 0.3) is 0 Å². The van der Waals surface area contributed by atoms with Gasteiger partial charge in [0.1, 0.15) is 5.75 Å². The lowest BCUT2D eigenvalue weighted by Gasteiger charge is -2.36. The maximum atomic E-state index is 10.8. The minimum Gasteiger partial charge on any atom is -0.494 e. The standard InChI is InChI=1S/C21H28N4O2/c1-17-5-2-3-6-20(17)25-14-12-24(13-15-25)11-4-16-27-19-9-7-18(8-10-19)23-21(22)26/h2-3,5-10H,4,11-16H2,1H3,(H3,22,23,26). The number of anilines is 2. The van der Waals surface area contributed by atoms with Crippen LogP contribution < -0.4 is 20.7 Å². The van der Waals surface area contributed by atoms with Crippen LogP contribution in [-0.2, 0) is 0 Å². The fourth-order valence-electron chi connectivity index (χ4n) is 3.39. The number of nitrogens with two attached hydrogens (primary N) is 1. The van der Waals surface area contributed by atoms with Gasteiger partial charge in [-0.2, -0.15) is 0 Å². The van der Waals surface area contributed by atoms with E-state index in [9.17, 15) is 4.79 Å². The summed E-state index contributed by atoms with van der Waals surface area (Å²) in [6, 6.07) is 15.3. The molecule has 0 unspecified atom stereocenters. The van der Waals surface area contributed by atoms with E-state index in [1.807, 2.05) is 12.1 Å². The largest absolute Gasteiger partial charge is 0.494 e. The summed E-state index contributed by atoms with van der Waals surface area (Å²) in [6.45, 7) is 8.21. The molecule has 6 nitrogen and oxygen atoms in total. The molecule has 0 spiro atoms. The predicted octanol–water partition coefficient (Wildman–Crippen LogP) is 3.08. The van der Waals surface area contributed by atoms with E-state index in [2.05, 4.69) is 46.3 Å². The highest BCUT2D eigenvalue weighted by Gasteiger charge is 2.17. The molecule has 0 aromatic heterocycles. The first kappa shape index (κ1) is 19.0. The molecule has 1 aliphatic heterocycles. The number of primary amides is 1. The Morgan fingerprint density at radius 3 is 2.44 bits per heavy atom. The van der Waals surface area contributed by atoms with Crippen molar-refractivity contribution in [2.45, 2.75) is 13.3 Å². The number of hydrogen-bond donors (Lipinski definition) is 2. The van der Waals surface area contributed by atoms with Gasteiger partial charge in [0.2, 0.25) is 0 Å². The number of carbonyl (C=O) groups is 1. The number of nitrogens with zero attached hydrogens (tertiary/aromatic N) is 2. The molecule has 1 aliphatic rings. The van der Waals surface area contributed by atoms with Crippen molar-refractivity contribution in [3.8, 4) is 5.75 Å². The molecule has 0 bridgehead atoms. The Labute approximate surface area is 160 Å². The van der Waals surface area contributed by atoms with Crippen LogP contribution in [0.15, 0.2) is 48.5 Å². The van der Waals surface area contributed by atoms with Gasteiger partial charge >= 0.3 is 6.03 Å². The van der Waals surface area contributed by atoms with E-state index in [-0.39, 0.29) is 0 Å². The van der Waals surface area contributed by atoms with Gasteiger partial charge in [0.15, 0.2) is 0 Å². The van der Waals surface area contributed by atoms with Crippen LogP contribution in [0.2, 0.25) is 0 Å². The molecule has 0 saturated carbocycles. The van der Waals surface area contributed by atoms with Crippen molar-refractivity contribution < 1.29 is 9.53 Å². The average molecular weight is 368 g/mol. The minimum atomic E-state index is -0.564. The molecule has 2 amide bonds. The van der Waals surface area contributed by atoms with Crippen molar-refractivity contribution in [1.29, 1.82) is 0 Å². The van der Waals surface area contributed by atoms with E-state index < -0.39 is 6.03 Å². The van der Waals surface area contributed by atoms with Gasteiger partial charge in [-0.25, -0.2) is 4.79 Å². The van der Waals surface area contributed by atoms with E-state index in [0.717, 1.165) is 44.9 Å². The Kier molecular flexibility index (Phi) is 6.54.